The summed E-state index contributed by atoms with van der Waals surface area (Å²) in [6.45, 7) is 7.18. The van der Waals surface area contributed by atoms with E-state index in [1.165, 1.54) is 4.57 Å². The normalized spacial score (nSPS) is 11.1. The Hall–Kier alpha value is -3.69. The highest BCUT2D eigenvalue weighted by Crippen LogP contribution is 2.17. The van der Waals surface area contributed by atoms with Crippen molar-refractivity contribution in [2.75, 3.05) is 11.9 Å². The van der Waals surface area contributed by atoms with E-state index in [9.17, 15) is 19.2 Å². The predicted molar refractivity (Wildman–Crippen MR) is 138 cm³/mol. The van der Waals surface area contributed by atoms with Gasteiger partial charge in [-0.3, -0.25) is 19.1 Å². The zero-order chi connectivity index (χ0) is 26.1. The van der Waals surface area contributed by atoms with Crippen LogP contribution < -0.4 is 16.6 Å². The molecule has 2 N–H and O–H groups in total. The number of amides is 1. The maximum atomic E-state index is 12.8. The minimum Gasteiger partial charge on any atom is -0.462 e. The van der Waals surface area contributed by atoms with Gasteiger partial charge in [-0.1, -0.05) is 39.2 Å². The number of ether oxygens (including phenoxy) is 1. The standard InChI is InChI=1S/C26H35N5O5/c1-4-7-9-16-30-20(28-23-22(30)24(33)29-26(35)31(23)15-8-5-2)13-14-21(32)27-19-12-10-11-18(17-19)25(34)36-6-3/h10-12,17H,4-9,13-16H2,1-3H3,(H,27,32)(H,29,33,35). The number of rotatable bonds is 13. The van der Waals surface area contributed by atoms with E-state index in [1.54, 1.807) is 31.2 Å². The third-order valence-corrected chi connectivity index (χ3v) is 5.92. The molecule has 36 heavy (non-hydrogen) atoms. The first-order valence-corrected chi connectivity index (χ1v) is 12.7. The topological polar surface area (TPSA) is 128 Å². The zero-order valence-electron chi connectivity index (χ0n) is 21.3. The molecule has 0 saturated carbocycles. The fourth-order valence-electron chi connectivity index (χ4n) is 4.08. The molecule has 0 saturated heterocycles. The number of aryl methyl sites for hydroxylation is 3. The number of aromatic nitrogens is 4. The van der Waals surface area contributed by atoms with Crippen molar-refractivity contribution < 1.29 is 14.3 Å². The number of carbonyl (C=O) groups is 2. The van der Waals surface area contributed by atoms with Crippen LogP contribution in [0.3, 0.4) is 0 Å². The third kappa shape index (κ3) is 6.50. The lowest BCUT2D eigenvalue weighted by atomic mass is 10.2. The first-order valence-electron chi connectivity index (χ1n) is 12.7. The Balaban J connectivity index is 1.84. The molecule has 0 spiro atoms. The van der Waals surface area contributed by atoms with E-state index in [4.69, 9.17) is 4.74 Å². The van der Waals surface area contributed by atoms with Gasteiger partial charge in [0.25, 0.3) is 5.56 Å². The monoisotopic (exact) mass is 497 g/mol. The van der Waals surface area contributed by atoms with Crippen LogP contribution in [0.15, 0.2) is 33.9 Å². The molecule has 0 bridgehead atoms. The van der Waals surface area contributed by atoms with Crippen LogP contribution in [0.25, 0.3) is 11.2 Å². The Kier molecular flexibility index (Phi) is 9.61. The fraction of sp³-hybridized carbons (Fsp3) is 0.500. The number of unbranched alkanes of at least 4 members (excludes halogenated alkanes) is 3. The Morgan fingerprint density at radius 1 is 1.03 bits per heavy atom. The summed E-state index contributed by atoms with van der Waals surface area (Å²) in [6, 6.07) is 6.58. The molecular formula is C26H35N5O5. The average Bonchev–Trinajstić information content (AvgIpc) is 3.22. The molecule has 0 radical (unpaired) electrons. The van der Waals surface area contributed by atoms with Crippen molar-refractivity contribution in [3.63, 3.8) is 0 Å². The molecule has 0 aliphatic heterocycles. The lowest BCUT2D eigenvalue weighted by molar-refractivity contribution is -0.116. The summed E-state index contributed by atoms with van der Waals surface area (Å²) < 4.78 is 8.38. The highest BCUT2D eigenvalue weighted by molar-refractivity contribution is 5.94. The van der Waals surface area contributed by atoms with Crippen LogP contribution in [0, 0.1) is 0 Å². The van der Waals surface area contributed by atoms with Gasteiger partial charge in [-0.25, -0.2) is 14.6 Å². The van der Waals surface area contributed by atoms with Crippen molar-refractivity contribution in [2.45, 2.75) is 78.8 Å². The number of hydrogen-bond acceptors (Lipinski definition) is 6. The van der Waals surface area contributed by atoms with Gasteiger partial charge in [0.1, 0.15) is 5.82 Å². The molecule has 2 heterocycles. The summed E-state index contributed by atoms with van der Waals surface area (Å²) in [6.07, 6.45) is 4.97. The van der Waals surface area contributed by atoms with Crippen LogP contribution in [0.1, 0.15) is 75.5 Å². The number of benzene rings is 1. The average molecular weight is 498 g/mol. The first kappa shape index (κ1) is 26.9. The number of hydrogen-bond donors (Lipinski definition) is 2. The number of carbonyl (C=O) groups excluding carboxylic acids is 2. The number of esters is 1. The van der Waals surface area contributed by atoms with Crippen molar-refractivity contribution in [2.24, 2.45) is 0 Å². The van der Waals surface area contributed by atoms with E-state index in [0.29, 0.717) is 47.7 Å². The van der Waals surface area contributed by atoms with Crippen molar-refractivity contribution in [3.8, 4) is 0 Å². The second-order valence-electron chi connectivity index (χ2n) is 8.67. The Bertz CT molecular complexity index is 1320. The van der Waals surface area contributed by atoms with Gasteiger partial charge in [0.2, 0.25) is 5.91 Å². The number of aromatic amines is 1. The van der Waals surface area contributed by atoms with Gasteiger partial charge in [-0.15, -0.1) is 0 Å². The summed E-state index contributed by atoms with van der Waals surface area (Å²) in [7, 11) is 0. The second-order valence-corrected chi connectivity index (χ2v) is 8.67. The third-order valence-electron chi connectivity index (χ3n) is 5.92. The SMILES string of the molecule is CCCCCn1c(CCC(=O)Nc2cccc(C(=O)OCC)c2)nc2c1c(=O)[nH]c(=O)n2CCCC. The van der Waals surface area contributed by atoms with Crippen molar-refractivity contribution in [1.82, 2.24) is 19.1 Å². The molecule has 1 aromatic carbocycles. The maximum Gasteiger partial charge on any atom is 0.338 e. The van der Waals surface area contributed by atoms with Crippen LogP contribution >= 0.6 is 0 Å². The summed E-state index contributed by atoms with van der Waals surface area (Å²) in [4.78, 5) is 57.0. The van der Waals surface area contributed by atoms with E-state index in [0.717, 1.165) is 32.1 Å². The van der Waals surface area contributed by atoms with Crippen LogP contribution in [-0.4, -0.2) is 37.6 Å². The Morgan fingerprint density at radius 2 is 1.78 bits per heavy atom. The molecule has 0 atom stereocenters. The van der Waals surface area contributed by atoms with E-state index in [-0.39, 0.29) is 18.9 Å². The van der Waals surface area contributed by atoms with E-state index in [2.05, 4.69) is 22.2 Å². The predicted octanol–water partition coefficient (Wildman–Crippen LogP) is 3.62. The lowest BCUT2D eigenvalue weighted by Gasteiger charge is -2.10. The van der Waals surface area contributed by atoms with Crippen molar-refractivity contribution in [3.05, 3.63) is 56.5 Å². The Labute approximate surface area is 209 Å². The van der Waals surface area contributed by atoms with Gasteiger partial charge >= 0.3 is 11.7 Å². The molecule has 10 nitrogen and oxygen atoms in total. The van der Waals surface area contributed by atoms with Crippen LogP contribution in [-0.2, 0) is 29.0 Å². The minimum atomic E-state index is -0.468. The minimum absolute atomic E-state index is 0.123. The molecule has 194 valence electrons. The van der Waals surface area contributed by atoms with Crippen LogP contribution in [0.5, 0.6) is 0 Å². The molecule has 10 heteroatoms. The van der Waals surface area contributed by atoms with Gasteiger partial charge < -0.3 is 14.6 Å². The smallest absolute Gasteiger partial charge is 0.338 e. The van der Waals surface area contributed by atoms with Crippen molar-refractivity contribution in [1.29, 1.82) is 0 Å². The summed E-state index contributed by atoms with van der Waals surface area (Å²) >= 11 is 0. The lowest BCUT2D eigenvalue weighted by Crippen LogP contribution is -2.31. The highest BCUT2D eigenvalue weighted by atomic mass is 16.5. The molecule has 0 aliphatic carbocycles. The first-order chi connectivity index (χ1) is 17.4. The molecule has 0 aliphatic rings. The van der Waals surface area contributed by atoms with Gasteiger partial charge in [0, 0.05) is 31.6 Å². The fourth-order valence-corrected chi connectivity index (χ4v) is 4.08. The van der Waals surface area contributed by atoms with Crippen molar-refractivity contribution >= 4 is 28.7 Å². The highest BCUT2D eigenvalue weighted by Gasteiger charge is 2.19. The second kappa shape index (κ2) is 12.9. The number of anilines is 1. The van der Waals surface area contributed by atoms with E-state index in [1.807, 2.05) is 11.5 Å². The molecule has 3 rings (SSSR count). The van der Waals surface area contributed by atoms with Gasteiger partial charge in [-0.05, 0) is 38.0 Å². The largest absolute Gasteiger partial charge is 0.462 e. The zero-order valence-corrected chi connectivity index (χ0v) is 21.3. The summed E-state index contributed by atoms with van der Waals surface area (Å²) in [5, 5.41) is 2.81. The molecule has 0 fully saturated rings. The van der Waals surface area contributed by atoms with Gasteiger partial charge in [0.15, 0.2) is 11.2 Å². The van der Waals surface area contributed by atoms with Crippen LogP contribution in [0.4, 0.5) is 5.69 Å². The number of fused-ring (bicyclic) bond motifs is 1. The summed E-state index contributed by atoms with van der Waals surface area (Å²) in [5.74, 6) is -0.105. The maximum absolute atomic E-state index is 12.8. The van der Waals surface area contributed by atoms with Crippen LogP contribution in [0.2, 0.25) is 0 Å². The molecular weight excluding hydrogens is 462 g/mol. The van der Waals surface area contributed by atoms with Gasteiger partial charge in [0.05, 0.1) is 12.2 Å². The quantitative estimate of drug-likeness (QED) is 0.274. The molecule has 2 aromatic heterocycles. The number of imidazole rings is 1. The Morgan fingerprint density at radius 3 is 2.50 bits per heavy atom. The van der Waals surface area contributed by atoms with E-state index >= 15 is 0 Å². The summed E-state index contributed by atoms with van der Waals surface area (Å²) in [5.41, 5.74) is 0.664. The molecule has 1 amide bonds. The number of nitrogens with one attached hydrogen (secondary N) is 2. The number of nitrogens with zero attached hydrogens (tertiary/aromatic N) is 3. The number of H-pyrrole nitrogens is 1. The molecule has 3 aromatic rings. The van der Waals surface area contributed by atoms with E-state index < -0.39 is 17.2 Å². The van der Waals surface area contributed by atoms with Gasteiger partial charge in [-0.2, -0.15) is 0 Å². The molecule has 0 unspecified atom stereocenters.